The van der Waals surface area contributed by atoms with Gasteiger partial charge in [0.15, 0.2) is 11.5 Å². The number of aromatic hydroxyl groups is 1. The number of ether oxygens (including phenoxy) is 4. The number of nitrogens with zero attached hydrogens (tertiary/aromatic N) is 1. The molecule has 0 saturated carbocycles. The van der Waals surface area contributed by atoms with Crippen LogP contribution in [0.1, 0.15) is 28.4 Å². The molecule has 0 unspecified atom stereocenters. The Morgan fingerprint density at radius 3 is 2.29 bits per heavy atom. The van der Waals surface area contributed by atoms with E-state index in [0.717, 1.165) is 11.3 Å². The molecule has 0 aliphatic rings. The maximum atomic E-state index is 12.2. The van der Waals surface area contributed by atoms with E-state index in [1.54, 1.807) is 12.1 Å². The number of phenols is 1. The second-order valence-corrected chi connectivity index (χ2v) is 7.39. The monoisotopic (exact) mass is 484 g/mol. The lowest BCUT2D eigenvalue weighted by Crippen LogP contribution is -2.17. The van der Waals surface area contributed by atoms with Crippen molar-refractivity contribution < 1.29 is 28.8 Å². The van der Waals surface area contributed by atoms with Gasteiger partial charge in [-0.3, -0.25) is 4.79 Å². The molecule has 3 aromatic carbocycles. The number of hydrazone groups is 1. The second kappa shape index (κ2) is 11.8. The van der Waals surface area contributed by atoms with Crippen LogP contribution in [0.25, 0.3) is 0 Å². The zero-order chi connectivity index (χ0) is 24.5. The molecule has 34 heavy (non-hydrogen) atoms. The van der Waals surface area contributed by atoms with Gasteiger partial charge in [-0.2, -0.15) is 5.10 Å². The van der Waals surface area contributed by atoms with Crippen LogP contribution in [-0.2, 0) is 6.61 Å². The Morgan fingerprint density at radius 1 is 1.03 bits per heavy atom. The fourth-order valence-corrected chi connectivity index (χ4v) is 3.18. The van der Waals surface area contributed by atoms with Crippen LogP contribution in [0.4, 0.5) is 0 Å². The molecule has 0 bridgehead atoms. The molecule has 0 atom stereocenters. The number of phenolic OH excluding ortho intramolecular Hbond substituents is 1. The van der Waals surface area contributed by atoms with Crippen LogP contribution in [0.15, 0.2) is 59.7 Å². The van der Waals surface area contributed by atoms with Crippen LogP contribution in [0.2, 0.25) is 5.02 Å². The van der Waals surface area contributed by atoms with Gasteiger partial charge in [-0.05, 0) is 55.0 Å². The van der Waals surface area contributed by atoms with E-state index < -0.39 is 5.91 Å². The maximum Gasteiger partial charge on any atom is 0.271 e. The largest absolute Gasteiger partial charge is 0.506 e. The number of benzene rings is 3. The summed E-state index contributed by atoms with van der Waals surface area (Å²) in [6.07, 6.45) is 1.45. The topological polar surface area (TPSA) is 98.6 Å². The summed E-state index contributed by atoms with van der Waals surface area (Å²) < 4.78 is 22.4. The minimum Gasteiger partial charge on any atom is -0.506 e. The Kier molecular flexibility index (Phi) is 8.59. The molecule has 0 aliphatic carbocycles. The van der Waals surface area contributed by atoms with E-state index in [4.69, 9.17) is 30.5 Å². The summed E-state index contributed by atoms with van der Waals surface area (Å²) in [6.45, 7) is 2.84. The van der Waals surface area contributed by atoms with Gasteiger partial charge in [0.1, 0.15) is 18.1 Å². The number of methoxy groups -OCH3 is 2. The quantitative estimate of drug-likeness (QED) is 0.316. The van der Waals surface area contributed by atoms with Gasteiger partial charge in [-0.15, -0.1) is 0 Å². The van der Waals surface area contributed by atoms with E-state index in [0.29, 0.717) is 36.0 Å². The summed E-state index contributed by atoms with van der Waals surface area (Å²) in [4.78, 5) is 12.2. The Morgan fingerprint density at radius 2 is 1.71 bits per heavy atom. The highest BCUT2D eigenvalue weighted by Crippen LogP contribution is 2.38. The van der Waals surface area contributed by atoms with Crippen molar-refractivity contribution in [1.29, 1.82) is 0 Å². The Hall–Kier alpha value is -3.91. The van der Waals surface area contributed by atoms with Gasteiger partial charge >= 0.3 is 0 Å². The highest BCUT2D eigenvalue weighted by Gasteiger charge is 2.14. The number of rotatable bonds is 10. The van der Waals surface area contributed by atoms with Gasteiger partial charge in [-0.25, -0.2) is 5.43 Å². The van der Waals surface area contributed by atoms with Crippen molar-refractivity contribution in [2.45, 2.75) is 13.5 Å². The fraction of sp³-hybridized carbons (Fsp3) is 0.200. The van der Waals surface area contributed by atoms with Gasteiger partial charge in [0.25, 0.3) is 5.91 Å². The third kappa shape index (κ3) is 6.32. The minimum atomic E-state index is -0.479. The number of carbonyl (C=O) groups is 1. The van der Waals surface area contributed by atoms with Crippen LogP contribution in [0.5, 0.6) is 28.7 Å². The molecule has 9 heteroatoms. The molecular weight excluding hydrogens is 460 g/mol. The van der Waals surface area contributed by atoms with Crippen LogP contribution in [0, 0.1) is 0 Å². The summed E-state index contributed by atoms with van der Waals surface area (Å²) in [5, 5.41) is 13.5. The molecule has 0 fully saturated rings. The Balaban J connectivity index is 1.70. The lowest BCUT2D eigenvalue weighted by Gasteiger charge is -2.15. The van der Waals surface area contributed by atoms with Crippen LogP contribution in [-0.4, -0.2) is 38.1 Å². The van der Waals surface area contributed by atoms with Crippen molar-refractivity contribution in [3.8, 4) is 28.7 Å². The van der Waals surface area contributed by atoms with Gasteiger partial charge in [0, 0.05) is 11.1 Å². The number of halogens is 1. The van der Waals surface area contributed by atoms with Crippen molar-refractivity contribution in [2.24, 2.45) is 5.10 Å². The highest BCUT2D eigenvalue weighted by atomic mass is 35.5. The summed E-state index contributed by atoms with van der Waals surface area (Å²) >= 11 is 5.84. The molecule has 0 spiro atoms. The van der Waals surface area contributed by atoms with E-state index in [9.17, 15) is 9.90 Å². The zero-order valence-electron chi connectivity index (χ0n) is 19.0. The number of carbonyl (C=O) groups excluding carboxylic acids is 1. The summed E-state index contributed by atoms with van der Waals surface area (Å²) in [7, 11) is 3.05. The number of hydrogen-bond donors (Lipinski definition) is 2. The average molecular weight is 485 g/mol. The summed E-state index contributed by atoms with van der Waals surface area (Å²) in [5.41, 5.74) is 4.24. The van der Waals surface area contributed by atoms with Crippen molar-refractivity contribution in [3.05, 3.63) is 76.3 Å². The number of hydrogen-bond acceptors (Lipinski definition) is 7. The van der Waals surface area contributed by atoms with Crippen molar-refractivity contribution in [2.75, 3.05) is 20.8 Å². The van der Waals surface area contributed by atoms with Gasteiger partial charge in [0.05, 0.1) is 32.1 Å². The van der Waals surface area contributed by atoms with Crippen molar-refractivity contribution in [1.82, 2.24) is 5.43 Å². The average Bonchev–Trinajstić information content (AvgIpc) is 2.85. The molecule has 3 aromatic rings. The first-order valence-corrected chi connectivity index (χ1v) is 10.8. The van der Waals surface area contributed by atoms with Crippen LogP contribution in [0.3, 0.4) is 0 Å². The lowest BCUT2D eigenvalue weighted by atomic mass is 10.2. The highest BCUT2D eigenvalue weighted by molar-refractivity contribution is 6.32. The van der Waals surface area contributed by atoms with E-state index in [-0.39, 0.29) is 16.3 Å². The number of nitrogens with one attached hydrogen (secondary N) is 1. The van der Waals surface area contributed by atoms with Crippen LogP contribution < -0.4 is 24.4 Å². The molecule has 0 radical (unpaired) electrons. The lowest BCUT2D eigenvalue weighted by molar-refractivity contribution is 0.0955. The van der Waals surface area contributed by atoms with Crippen molar-refractivity contribution >= 4 is 23.7 Å². The predicted octanol–water partition coefficient (Wildman–Crippen LogP) is 4.80. The second-order valence-electron chi connectivity index (χ2n) is 6.99. The Labute approximate surface area is 202 Å². The molecule has 0 aliphatic heterocycles. The first-order chi connectivity index (χ1) is 16.4. The summed E-state index contributed by atoms with van der Waals surface area (Å²) in [5.74, 6) is 1.55. The normalized spacial score (nSPS) is 10.7. The van der Waals surface area contributed by atoms with Gasteiger partial charge < -0.3 is 24.1 Å². The van der Waals surface area contributed by atoms with Gasteiger partial charge in [0.2, 0.25) is 5.75 Å². The third-order valence-electron chi connectivity index (χ3n) is 4.69. The zero-order valence-corrected chi connectivity index (χ0v) is 19.8. The van der Waals surface area contributed by atoms with Crippen molar-refractivity contribution in [3.63, 3.8) is 0 Å². The summed E-state index contributed by atoms with van der Waals surface area (Å²) in [6, 6.07) is 15.2. The molecular formula is C25H25ClN2O6. The number of amides is 1. The smallest absolute Gasteiger partial charge is 0.271 e. The molecule has 178 valence electrons. The van der Waals surface area contributed by atoms with E-state index in [1.807, 2.05) is 31.2 Å². The minimum absolute atomic E-state index is 0.0759. The molecule has 0 saturated heterocycles. The fourth-order valence-electron chi connectivity index (χ4n) is 3.00. The predicted molar refractivity (Wildman–Crippen MR) is 130 cm³/mol. The van der Waals surface area contributed by atoms with Gasteiger partial charge in [-0.1, -0.05) is 23.7 Å². The Bertz CT molecular complexity index is 1140. The molecule has 2 N–H and O–H groups in total. The molecule has 8 nitrogen and oxygen atoms in total. The van der Waals surface area contributed by atoms with E-state index in [2.05, 4.69) is 10.5 Å². The first kappa shape index (κ1) is 24.7. The van der Waals surface area contributed by atoms with E-state index >= 15 is 0 Å². The third-order valence-corrected chi connectivity index (χ3v) is 4.99. The molecule has 1 amide bonds. The SMILES string of the molecule is CCOc1ccc(COc2c(OC)cc(C=NNC(=O)c3ccc(O)c(Cl)c3)cc2OC)cc1. The standard InChI is InChI=1S/C25H25ClN2O6/c1-4-33-19-8-5-16(6-9-19)15-34-24-22(31-2)11-17(12-23(24)32-3)14-27-28-25(30)18-7-10-21(29)20(26)13-18/h5-14,29H,4,15H2,1-3H3,(H,28,30). The van der Waals surface area contributed by atoms with Crippen LogP contribution >= 0.6 is 11.6 Å². The molecule has 0 heterocycles. The van der Waals surface area contributed by atoms with E-state index in [1.165, 1.54) is 38.6 Å². The molecule has 0 aromatic heterocycles. The molecule has 3 rings (SSSR count). The maximum absolute atomic E-state index is 12.2. The first-order valence-electron chi connectivity index (χ1n) is 10.4.